The van der Waals surface area contributed by atoms with Gasteiger partial charge in [-0.1, -0.05) is 12.5 Å². The molecule has 0 saturated carbocycles. The molecule has 4 nitrogen and oxygen atoms in total. The first-order valence-corrected chi connectivity index (χ1v) is 7.89. The van der Waals surface area contributed by atoms with Gasteiger partial charge < -0.3 is 5.73 Å². The highest BCUT2D eigenvalue weighted by molar-refractivity contribution is 5.15. The molecule has 3 rings (SSSR count). The zero-order chi connectivity index (χ0) is 13.9. The quantitative estimate of drug-likeness (QED) is 0.910. The number of aromatic nitrogens is 1. The maximum absolute atomic E-state index is 6.08. The molecular weight excluding hydrogens is 248 g/mol. The summed E-state index contributed by atoms with van der Waals surface area (Å²) in [6.45, 7) is 6.62. The van der Waals surface area contributed by atoms with Crippen LogP contribution in [0.4, 0.5) is 0 Å². The topological polar surface area (TPSA) is 45.4 Å². The van der Waals surface area contributed by atoms with Crippen LogP contribution < -0.4 is 5.73 Å². The predicted molar refractivity (Wildman–Crippen MR) is 81.4 cm³/mol. The highest BCUT2D eigenvalue weighted by atomic mass is 15.3. The van der Waals surface area contributed by atoms with Crippen molar-refractivity contribution in [3.05, 3.63) is 30.1 Å². The molecule has 2 fully saturated rings. The van der Waals surface area contributed by atoms with Crippen LogP contribution in [0.1, 0.15) is 37.8 Å². The minimum atomic E-state index is 0.308. The zero-order valence-corrected chi connectivity index (χ0v) is 12.4. The van der Waals surface area contributed by atoms with Crippen LogP contribution in [-0.4, -0.2) is 53.0 Å². The first kappa shape index (κ1) is 14.0. The molecule has 2 aliphatic heterocycles. The van der Waals surface area contributed by atoms with E-state index in [1.807, 2.05) is 18.5 Å². The SMILES string of the molecule is CC1CN2CCCCC2CN1C(CN)c1cccnc1. The van der Waals surface area contributed by atoms with Crippen LogP contribution >= 0.6 is 0 Å². The predicted octanol–water partition coefficient (Wildman–Crippen LogP) is 1.64. The molecule has 0 radical (unpaired) electrons. The van der Waals surface area contributed by atoms with Crippen molar-refractivity contribution in [2.24, 2.45) is 5.73 Å². The summed E-state index contributed by atoms with van der Waals surface area (Å²) in [5, 5.41) is 0. The Hall–Kier alpha value is -0.970. The molecule has 0 aliphatic carbocycles. The Bertz CT molecular complexity index is 422. The molecule has 1 aromatic heterocycles. The lowest BCUT2D eigenvalue weighted by Crippen LogP contribution is -2.60. The molecule has 20 heavy (non-hydrogen) atoms. The molecule has 4 heteroatoms. The third-order valence-corrected chi connectivity index (χ3v) is 4.93. The van der Waals surface area contributed by atoms with E-state index in [-0.39, 0.29) is 0 Å². The highest BCUT2D eigenvalue weighted by Crippen LogP contribution is 2.30. The van der Waals surface area contributed by atoms with Crippen molar-refractivity contribution in [3.8, 4) is 0 Å². The molecule has 0 spiro atoms. The number of hydrogen-bond acceptors (Lipinski definition) is 4. The van der Waals surface area contributed by atoms with Crippen LogP contribution in [-0.2, 0) is 0 Å². The Balaban J connectivity index is 1.77. The third kappa shape index (κ3) is 2.73. The van der Waals surface area contributed by atoms with Crippen molar-refractivity contribution in [1.29, 1.82) is 0 Å². The second kappa shape index (κ2) is 6.20. The minimum Gasteiger partial charge on any atom is -0.329 e. The summed E-state index contributed by atoms with van der Waals surface area (Å²) >= 11 is 0. The number of piperazine rings is 1. The van der Waals surface area contributed by atoms with Crippen molar-refractivity contribution < 1.29 is 0 Å². The second-order valence-corrected chi connectivity index (χ2v) is 6.23. The highest BCUT2D eigenvalue weighted by Gasteiger charge is 2.36. The smallest absolute Gasteiger partial charge is 0.0489 e. The summed E-state index contributed by atoms with van der Waals surface area (Å²) in [7, 11) is 0. The molecule has 0 bridgehead atoms. The van der Waals surface area contributed by atoms with Gasteiger partial charge in [-0.3, -0.25) is 14.8 Å². The summed E-state index contributed by atoms with van der Waals surface area (Å²) in [6, 6.07) is 5.77. The minimum absolute atomic E-state index is 0.308. The Morgan fingerprint density at radius 2 is 2.30 bits per heavy atom. The van der Waals surface area contributed by atoms with E-state index >= 15 is 0 Å². The van der Waals surface area contributed by atoms with Crippen LogP contribution in [0.5, 0.6) is 0 Å². The molecular formula is C16H26N4. The Labute approximate surface area is 122 Å². The van der Waals surface area contributed by atoms with Crippen molar-refractivity contribution in [3.63, 3.8) is 0 Å². The molecule has 1 aromatic rings. The van der Waals surface area contributed by atoms with E-state index in [0.29, 0.717) is 18.6 Å². The number of nitrogens with two attached hydrogens (primary N) is 1. The lowest BCUT2D eigenvalue weighted by Gasteiger charge is -2.50. The number of nitrogens with zero attached hydrogens (tertiary/aromatic N) is 3. The number of fused-ring (bicyclic) bond motifs is 1. The molecule has 0 amide bonds. The summed E-state index contributed by atoms with van der Waals surface area (Å²) in [6.07, 6.45) is 7.89. The number of piperidine rings is 1. The molecule has 3 unspecified atom stereocenters. The van der Waals surface area contributed by atoms with Gasteiger partial charge in [0.1, 0.15) is 0 Å². The Morgan fingerprint density at radius 3 is 3.05 bits per heavy atom. The van der Waals surface area contributed by atoms with Crippen molar-refractivity contribution >= 4 is 0 Å². The standard InChI is InChI=1S/C16H26N4/c1-13-11-19-8-3-2-6-15(19)12-20(13)16(9-17)14-5-4-7-18-10-14/h4-5,7,10,13,15-16H,2-3,6,8-9,11-12,17H2,1H3. The van der Waals surface area contributed by atoms with Crippen LogP contribution in [0, 0.1) is 0 Å². The van der Waals surface area contributed by atoms with E-state index in [4.69, 9.17) is 5.73 Å². The summed E-state index contributed by atoms with van der Waals surface area (Å²) < 4.78 is 0. The van der Waals surface area contributed by atoms with E-state index < -0.39 is 0 Å². The van der Waals surface area contributed by atoms with Gasteiger partial charge in [0.2, 0.25) is 0 Å². The average Bonchev–Trinajstić information content (AvgIpc) is 2.49. The normalized spacial score (nSPS) is 29.9. The zero-order valence-electron chi connectivity index (χ0n) is 12.4. The van der Waals surface area contributed by atoms with Crippen LogP contribution in [0.2, 0.25) is 0 Å². The van der Waals surface area contributed by atoms with Gasteiger partial charge in [0.25, 0.3) is 0 Å². The Morgan fingerprint density at radius 1 is 1.40 bits per heavy atom. The molecule has 2 aliphatic rings. The number of pyridine rings is 1. The lowest BCUT2D eigenvalue weighted by atomic mass is 9.94. The van der Waals surface area contributed by atoms with Gasteiger partial charge in [0.05, 0.1) is 0 Å². The maximum atomic E-state index is 6.08. The summed E-state index contributed by atoms with van der Waals surface area (Å²) in [5.74, 6) is 0. The molecule has 2 N–H and O–H groups in total. The van der Waals surface area contributed by atoms with Gasteiger partial charge in [-0.15, -0.1) is 0 Å². The first-order valence-electron chi connectivity index (χ1n) is 7.89. The molecule has 0 aromatic carbocycles. The summed E-state index contributed by atoms with van der Waals surface area (Å²) in [5.41, 5.74) is 7.34. The molecule has 2 saturated heterocycles. The molecule has 110 valence electrons. The fraction of sp³-hybridized carbons (Fsp3) is 0.688. The second-order valence-electron chi connectivity index (χ2n) is 6.23. The van der Waals surface area contributed by atoms with Crippen molar-refractivity contribution in [2.75, 3.05) is 26.2 Å². The van der Waals surface area contributed by atoms with E-state index in [2.05, 4.69) is 27.8 Å². The number of hydrogen-bond donors (Lipinski definition) is 1. The van der Waals surface area contributed by atoms with Gasteiger partial charge in [-0.05, 0) is 37.9 Å². The van der Waals surface area contributed by atoms with E-state index in [1.54, 1.807) is 0 Å². The largest absolute Gasteiger partial charge is 0.329 e. The Kier molecular flexibility index (Phi) is 4.34. The van der Waals surface area contributed by atoms with E-state index in [0.717, 1.165) is 12.6 Å². The fourth-order valence-electron chi connectivity index (χ4n) is 3.85. The van der Waals surface area contributed by atoms with Crippen molar-refractivity contribution in [1.82, 2.24) is 14.8 Å². The van der Waals surface area contributed by atoms with Crippen LogP contribution in [0.25, 0.3) is 0 Å². The van der Waals surface area contributed by atoms with E-state index in [9.17, 15) is 0 Å². The third-order valence-electron chi connectivity index (χ3n) is 4.93. The van der Waals surface area contributed by atoms with Gasteiger partial charge in [0.15, 0.2) is 0 Å². The average molecular weight is 274 g/mol. The fourth-order valence-corrected chi connectivity index (χ4v) is 3.85. The van der Waals surface area contributed by atoms with E-state index in [1.165, 1.54) is 37.9 Å². The van der Waals surface area contributed by atoms with Crippen molar-refractivity contribution in [2.45, 2.75) is 44.3 Å². The summed E-state index contributed by atoms with van der Waals surface area (Å²) in [4.78, 5) is 9.54. The van der Waals surface area contributed by atoms with Gasteiger partial charge >= 0.3 is 0 Å². The van der Waals surface area contributed by atoms with Gasteiger partial charge in [-0.2, -0.15) is 0 Å². The molecule has 3 heterocycles. The maximum Gasteiger partial charge on any atom is 0.0489 e. The van der Waals surface area contributed by atoms with Gasteiger partial charge in [-0.25, -0.2) is 0 Å². The number of rotatable bonds is 3. The lowest BCUT2D eigenvalue weighted by molar-refractivity contribution is -0.00672. The van der Waals surface area contributed by atoms with Crippen LogP contribution in [0.15, 0.2) is 24.5 Å². The van der Waals surface area contributed by atoms with Gasteiger partial charge in [0, 0.05) is 50.2 Å². The first-order chi connectivity index (χ1) is 9.79. The monoisotopic (exact) mass is 274 g/mol. The molecule has 3 atom stereocenters. The van der Waals surface area contributed by atoms with Crippen LogP contribution in [0.3, 0.4) is 0 Å².